The maximum Gasteiger partial charge on any atom is 0.262 e. The lowest BCUT2D eigenvalue weighted by Crippen LogP contribution is -2.26. The molecule has 6 heteroatoms. The lowest BCUT2D eigenvalue weighted by molar-refractivity contribution is 0.568. The fourth-order valence-electron chi connectivity index (χ4n) is 2.90. The molecule has 0 atom stereocenters. The molecule has 0 saturated carbocycles. The second-order valence-corrected chi connectivity index (χ2v) is 8.18. The van der Waals surface area contributed by atoms with E-state index in [2.05, 4.69) is 32.9 Å². The SMILES string of the molecule is Cc1sc2nc(C(C)C)n(CCCC#N)c(=O)c2c1-c1cccs1. The zero-order valence-corrected chi connectivity index (χ0v) is 15.6. The minimum absolute atomic E-state index is 0.0226. The third-order valence-electron chi connectivity index (χ3n) is 3.97. The maximum atomic E-state index is 13.2. The maximum absolute atomic E-state index is 13.2. The predicted molar refractivity (Wildman–Crippen MR) is 101 cm³/mol. The van der Waals surface area contributed by atoms with E-state index in [4.69, 9.17) is 10.2 Å². The number of fused-ring (bicyclic) bond motifs is 1. The van der Waals surface area contributed by atoms with E-state index >= 15 is 0 Å². The molecule has 3 rings (SSSR count). The van der Waals surface area contributed by atoms with E-state index in [0.717, 1.165) is 31.4 Å². The van der Waals surface area contributed by atoms with Crippen molar-refractivity contribution in [2.75, 3.05) is 0 Å². The van der Waals surface area contributed by atoms with Crippen LogP contribution in [0.1, 0.15) is 43.3 Å². The molecule has 0 aliphatic rings. The lowest BCUT2D eigenvalue weighted by Gasteiger charge is -2.14. The van der Waals surface area contributed by atoms with Crippen LogP contribution >= 0.6 is 22.7 Å². The number of aryl methyl sites for hydroxylation is 1. The number of rotatable bonds is 5. The molecular weight excluding hydrogens is 338 g/mol. The highest BCUT2D eigenvalue weighted by molar-refractivity contribution is 7.20. The molecule has 24 heavy (non-hydrogen) atoms. The molecule has 3 heterocycles. The van der Waals surface area contributed by atoms with Crippen molar-refractivity contribution in [3.8, 4) is 16.5 Å². The summed E-state index contributed by atoms with van der Waals surface area (Å²) >= 11 is 3.23. The molecule has 0 N–H and O–H groups in total. The third-order valence-corrected chi connectivity index (χ3v) is 5.86. The zero-order chi connectivity index (χ0) is 17.3. The largest absolute Gasteiger partial charge is 0.296 e. The van der Waals surface area contributed by atoms with E-state index in [1.54, 1.807) is 27.2 Å². The Balaban J connectivity index is 2.27. The Morgan fingerprint density at radius 1 is 1.42 bits per heavy atom. The zero-order valence-electron chi connectivity index (χ0n) is 14.0. The van der Waals surface area contributed by atoms with Crippen LogP contribution in [0.15, 0.2) is 22.3 Å². The summed E-state index contributed by atoms with van der Waals surface area (Å²) in [4.78, 5) is 21.1. The first-order chi connectivity index (χ1) is 11.5. The van der Waals surface area contributed by atoms with Crippen molar-refractivity contribution < 1.29 is 0 Å². The Kier molecular flexibility index (Phi) is 4.83. The van der Waals surface area contributed by atoms with E-state index in [9.17, 15) is 4.79 Å². The molecule has 0 fully saturated rings. The monoisotopic (exact) mass is 357 g/mol. The van der Waals surface area contributed by atoms with Crippen LogP contribution in [0.3, 0.4) is 0 Å². The van der Waals surface area contributed by atoms with Crippen molar-refractivity contribution in [2.24, 2.45) is 0 Å². The number of thiophene rings is 2. The van der Waals surface area contributed by atoms with Gasteiger partial charge in [-0.05, 0) is 24.8 Å². The third kappa shape index (κ3) is 2.90. The molecule has 0 bridgehead atoms. The van der Waals surface area contributed by atoms with Crippen LogP contribution < -0.4 is 5.56 Å². The van der Waals surface area contributed by atoms with Gasteiger partial charge in [-0.3, -0.25) is 9.36 Å². The number of nitrogens with zero attached hydrogens (tertiary/aromatic N) is 3. The van der Waals surface area contributed by atoms with E-state index in [1.807, 2.05) is 11.4 Å². The summed E-state index contributed by atoms with van der Waals surface area (Å²) < 4.78 is 1.77. The van der Waals surface area contributed by atoms with Crippen molar-refractivity contribution >= 4 is 32.9 Å². The van der Waals surface area contributed by atoms with Gasteiger partial charge in [0.15, 0.2) is 0 Å². The van der Waals surface area contributed by atoms with Gasteiger partial charge in [-0.25, -0.2) is 4.98 Å². The Morgan fingerprint density at radius 3 is 2.83 bits per heavy atom. The summed E-state index contributed by atoms with van der Waals surface area (Å²) in [5.41, 5.74) is 1.04. The minimum atomic E-state index is 0.0226. The molecule has 0 aliphatic heterocycles. The van der Waals surface area contributed by atoms with E-state index < -0.39 is 0 Å². The highest BCUT2D eigenvalue weighted by Crippen LogP contribution is 2.38. The topological polar surface area (TPSA) is 58.7 Å². The Bertz CT molecular complexity index is 959. The molecule has 0 spiro atoms. The smallest absolute Gasteiger partial charge is 0.262 e. The number of unbranched alkanes of at least 4 members (excludes halogenated alkanes) is 1. The number of aromatic nitrogens is 2. The highest BCUT2D eigenvalue weighted by Gasteiger charge is 2.21. The standard InChI is InChI=1S/C18H19N3OS2/c1-11(2)16-20-17-15(18(22)21(16)9-5-4-8-19)14(12(3)24-17)13-7-6-10-23-13/h6-7,10-11H,4-5,9H2,1-3H3. The Labute approximate surface area is 149 Å². The van der Waals surface area contributed by atoms with Crippen molar-refractivity contribution in [1.29, 1.82) is 5.26 Å². The summed E-state index contributed by atoms with van der Waals surface area (Å²) in [5, 5.41) is 11.5. The van der Waals surface area contributed by atoms with Gasteiger partial charge in [0.25, 0.3) is 5.56 Å². The average molecular weight is 358 g/mol. The molecule has 4 nitrogen and oxygen atoms in total. The van der Waals surface area contributed by atoms with E-state index in [1.165, 1.54) is 0 Å². The Morgan fingerprint density at radius 2 is 2.21 bits per heavy atom. The fraction of sp³-hybridized carbons (Fsp3) is 0.389. The van der Waals surface area contributed by atoms with Gasteiger partial charge in [0, 0.05) is 34.2 Å². The predicted octanol–water partition coefficient (Wildman–Crippen LogP) is 4.92. The van der Waals surface area contributed by atoms with Crippen LogP contribution in [0, 0.1) is 18.3 Å². The lowest BCUT2D eigenvalue weighted by atomic mass is 10.1. The average Bonchev–Trinajstić information content (AvgIpc) is 3.16. The molecule has 0 aliphatic carbocycles. The molecule has 3 aromatic rings. The number of nitriles is 1. The summed E-state index contributed by atoms with van der Waals surface area (Å²) in [6.07, 6.45) is 1.11. The highest BCUT2D eigenvalue weighted by atomic mass is 32.1. The van der Waals surface area contributed by atoms with Crippen molar-refractivity contribution in [3.05, 3.63) is 38.6 Å². The normalized spacial score (nSPS) is 11.3. The Hall–Kier alpha value is -1.97. The van der Waals surface area contributed by atoms with Crippen molar-refractivity contribution in [1.82, 2.24) is 9.55 Å². The molecule has 124 valence electrons. The van der Waals surface area contributed by atoms with Gasteiger partial charge in [0.1, 0.15) is 10.7 Å². The van der Waals surface area contributed by atoms with Gasteiger partial charge < -0.3 is 0 Å². The van der Waals surface area contributed by atoms with Gasteiger partial charge >= 0.3 is 0 Å². The van der Waals surface area contributed by atoms with Crippen LogP contribution in [-0.2, 0) is 6.54 Å². The molecule has 3 aromatic heterocycles. The van der Waals surface area contributed by atoms with Crippen LogP contribution in [-0.4, -0.2) is 9.55 Å². The molecule has 0 saturated heterocycles. The van der Waals surface area contributed by atoms with Gasteiger partial charge in [0.05, 0.1) is 11.5 Å². The van der Waals surface area contributed by atoms with Crippen LogP contribution in [0.5, 0.6) is 0 Å². The van der Waals surface area contributed by atoms with E-state index in [-0.39, 0.29) is 11.5 Å². The summed E-state index contributed by atoms with van der Waals surface area (Å²) in [6, 6.07) is 6.20. The first kappa shape index (κ1) is 16.9. The second kappa shape index (κ2) is 6.88. The van der Waals surface area contributed by atoms with Crippen molar-refractivity contribution in [2.45, 2.75) is 46.1 Å². The molecule has 0 aromatic carbocycles. The fourth-order valence-corrected chi connectivity index (χ4v) is 4.83. The first-order valence-electron chi connectivity index (χ1n) is 7.99. The first-order valence-corrected chi connectivity index (χ1v) is 9.68. The van der Waals surface area contributed by atoms with Crippen LogP contribution in [0.4, 0.5) is 0 Å². The summed E-state index contributed by atoms with van der Waals surface area (Å²) in [5.74, 6) is 0.973. The van der Waals surface area contributed by atoms with Gasteiger partial charge in [-0.15, -0.1) is 22.7 Å². The minimum Gasteiger partial charge on any atom is -0.296 e. The number of hydrogen-bond donors (Lipinski definition) is 0. The van der Waals surface area contributed by atoms with Crippen molar-refractivity contribution in [3.63, 3.8) is 0 Å². The molecular formula is C18H19N3OS2. The van der Waals surface area contributed by atoms with Crippen LogP contribution in [0.25, 0.3) is 20.7 Å². The molecule has 0 radical (unpaired) electrons. The van der Waals surface area contributed by atoms with Gasteiger partial charge in [-0.2, -0.15) is 5.26 Å². The van der Waals surface area contributed by atoms with E-state index in [0.29, 0.717) is 19.4 Å². The molecule has 0 unspecified atom stereocenters. The summed E-state index contributed by atoms with van der Waals surface area (Å²) in [6.45, 7) is 6.70. The second-order valence-electron chi connectivity index (χ2n) is 6.03. The molecule has 0 amide bonds. The van der Waals surface area contributed by atoms with Gasteiger partial charge in [0.2, 0.25) is 0 Å². The van der Waals surface area contributed by atoms with Crippen LogP contribution in [0.2, 0.25) is 0 Å². The summed E-state index contributed by atoms with van der Waals surface area (Å²) in [7, 11) is 0. The number of hydrogen-bond acceptors (Lipinski definition) is 5. The quantitative estimate of drug-likeness (QED) is 0.609. The van der Waals surface area contributed by atoms with Gasteiger partial charge in [-0.1, -0.05) is 19.9 Å².